The van der Waals surface area contributed by atoms with E-state index < -0.39 is 78.0 Å². The molecule has 4 amide bonds. The number of carbonyl (C=O) groups is 5. The fourth-order valence-electron chi connectivity index (χ4n) is 6.43. The summed E-state index contributed by atoms with van der Waals surface area (Å²) in [4.78, 5) is 67.3. The second kappa shape index (κ2) is 12.7. The van der Waals surface area contributed by atoms with Gasteiger partial charge in [0.1, 0.15) is 17.7 Å². The van der Waals surface area contributed by atoms with E-state index in [1.807, 2.05) is 20.8 Å². The molecule has 10 nitrogen and oxygen atoms in total. The Hall–Kier alpha value is -3.05. The van der Waals surface area contributed by atoms with Crippen molar-refractivity contribution in [3.05, 3.63) is 12.7 Å². The molecule has 5 atom stereocenters. The zero-order chi connectivity index (χ0) is 31.6. The number of alkyl halides is 2. The number of hydrogen-bond donors (Lipinski definition) is 3. The van der Waals surface area contributed by atoms with Crippen molar-refractivity contribution in [1.82, 2.24) is 20.9 Å². The van der Waals surface area contributed by atoms with Crippen molar-refractivity contribution in [1.29, 1.82) is 0 Å². The van der Waals surface area contributed by atoms with Crippen LogP contribution in [0.3, 0.4) is 0 Å². The Balaban J connectivity index is 1.86. The van der Waals surface area contributed by atoms with Crippen LogP contribution in [0, 0.1) is 23.2 Å². The molecule has 236 valence electrons. The number of piperidine rings is 1. The molecule has 3 fully saturated rings. The van der Waals surface area contributed by atoms with E-state index in [1.165, 1.54) is 11.0 Å². The molecule has 3 rings (SSSR count). The van der Waals surface area contributed by atoms with Crippen LogP contribution < -0.4 is 16.0 Å². The number of nitrogens with zero attached hydrogens (tertiary/aromatic N) is 1. The molecule has 1 aliphatic heterocycles. The highest BCUT2D eigenvalue weighted by atomic mass is 19.3. The van der Waals surface area contributed by atoms with Gasteiger partial charge in [-0.15, -0.1) is 6.58 Å². The Labute approximate surface area is 246 Å². The summed E-state index contributed by atoms with van der Waals surface area (Å²) in [7, 11) is 0. The number of ketones is 1. The standard InChI is InChI=1S/C30H46F2N4O6/c1-8-10-19(23(37)25(39)33-15-9-2)34-24(38)22-20-18(29(20,6)7)16-36(22)26(40)21(35-27(41)42-28(3,4)5)17-11-13-30(31,32)14-12-17/h9,17-22H,2,8,10-16H2,1,3-7H3,(H,33,39)(H,34,38)(H,35,41). The van der Waals surface area contributed by atoms with Crippen LogP contribution in [0.2, 0.25) is 0 Å². The fraction of sp³-hybridized carbons (Fsp3) is 0.767. The molecular formula is C30H46F2N4O6. The maximum Gasteiger partial charge on any atom is 0.408 e. The molecule has 2 saturated carbocycles. The highest BCUT2D eigenvalue weighted by molar-refractivity contribution is 6.38. The van der Waals surface area contributed by atoms with E-state index in [-0.39, 0.29) is 49.6 Å². The number of Topliss-reactive ketones (excluding diaryl/α,β-unsaturated/α-hetero) is 1. The molecule has 1 saturated heterocycles. The molecule has 3 N–H and O–H groups in total. The van der Waals surface area contributed by atoms with Crippen LogP contribution in [-0.4, -0.2) is 77.2 Å². The molecule has 0 bridgehead atoms. The topological polar surface area (TPSA) is 134 Å². The van der Waals surface area contributed by atoms with Crippen molar-refractivity contribution in [3.63, 3.8) is 0 Å². The quantitative estimate of drug-likeness (QED) is 0.248. The van der Waals surface area contributed by atoms with Crippen molar-refractivity contribution < 1.29 is 37.5 Å². The first kappa shape index (κ1) is 33.5. The van der Waals surface area contributed by atoms with Gasteiger partial charge in [0.25, 0.3) is 5.91 Å². The van der Waals surface area contributed by atoms with Gasteiger partial charge < -0.3 is 25.6 Å². The normalized spacial score (nSPS) is 25.8. The summed E-state index contributed by atoms with van der Waals surface area (Å²) >= 11 is 0. The van der Waals surface area contributed by atoms with Crippen molar-refractivity contribution >= 4 is 29.6 Å². The van der Waals surface area contributed by atoms with E-state index in [2.05, 4.69) is 22.5 Å². The first-order valence-corrected chi connectivity index (χ1v) is 14.8. The van der Waals surface area contributed by atoms with Crippen LogP contribution in [0.25, 0.3) is 0 Å². The number of rotatable bonds is 11. The van der Waals surface area contributed by atoms with Gasteiger partial charge in [-0.05, 0) is 63.2 Å². The molecule has 0 aromatic rings. The zero-order valence-electron chi connectivity index (χ0n) is 25.6. The Kier molecular flexibility index (Phi) is 10.1. The second-order valence-corrected chi connectivity index (χ2v) is 13.4. The number of likely N-dealkylation sites (tertiary alicyclic amines) is 1. The number of nitrogens with one attached hydrogen (secondary N) is 3. The number of amides is 4. The summed E-state index contributed by atoms with van der Waals surface area (Å²) in [5.74, 6) is -6.33. The van der Waals surface area contributed by atoms with Crippen molar-refractivity contribution in [3.8, 4) is 0 Å². The largest absolute Gasteiger partial charge is 0.444 e. The van der Waals surface area contributed by atoms with Crippen molar-refractivity contribution in [2.75, 3.05) is 13.1 Å². The minimum absolute atomic E-state index is 0.00582. The molecule has 1 heterocycles. The maximum absolute atomic E-state index is 14.1. The highest BCUT2D eigenvalue weighted by Crippen LogP contribution is 2.65. The zero-order valence-corrected chi connectivity index (χ0v) is 25.6. The van der Waals surface area contributed by atoms with E-state index in [0.29, 0.717) is 6.42 Å². The van der Waals surface area contributed by atoms with Gasteiger partial charge >= 0.3 is 6.09 Å². The van der Waals surface area contributed by atoms with Crippen LogP contribution in [0.15, 0.2) is 12.7 Å². The molecule has 12 heteroatoms. The Morgan fingerprint density at radius 3 is 2.26 bits per heavy atom. The van der Waals surface area contributed by atoms with E-state index >= 15 is 0 Å². The number of carbonyl (C=O) groups excluding carboxylic acids is 5. The maximum atomic E-state index is 14.1. The molecule has 0 aromatic heterocycles. The van der Waals surface area contributed by atoms with Gasteiger partial charge in [-0.1, -0.05) is 33.3 Å². The number of alkyl carbamates (subject to hydrolysis) is 1. The minimum atomic E-state index is -2.84. The lowest BCUT2D eigenvalue weighted by Gasteiger charge is -2.38. The average molecular weight is 597 g/mol. The molecule has 2 aliphatic carbocycles. The third kappa shape index (κ3) is 7.66. The van der Waals surface area contributed by atoms with Crippen LogP contribution in [0.5, 0.6) is 0 Å². The van der Waals surface area contributed by atoms with Gasteiger partial charge in [0, 0.05) is 25.9 Å². The molecule has 3 aliphatic rings. The molecule has 0 spiro atoms. The summed E-state index contributed by atoms with van der Waals surface area (Å²) in [6.45, 7) is 14.7. The number of halogens is 2. The lowest BCUT2D eigenvalue weighted by molar-refractivity contribution is -0.145. The van der Waals surface area contributed by atoms with Gasteiger partial charge in [-0.3, -0.25) is 19.2 Å². The first-order chi connectivity index (χ1) is 19.4. The summed E-state index contributed by atoms with van der Waals surface area (Å²) in [6, 6.07) is -3.19. The Morgan fingerprint density at radius 1 is 1.10 bits per heavy atom. The van der Waals surface area contributed by atoms with Crippen molar-refractivity contribution in [2.45, 2.75) is 110 Å². The van der Waals surface area contributed by atoms with Gasteiger partial charge in [0.15, 0.2) is 0 Å². The lowest BCUT2D eigenvalue weighted by Crippen LogP contribution is -2.60. The summed E-state index contributed by atoms with van der Waals surface area (Å²) in [6.07, 6.45) is 0.564. The van der Waals surface area contributed by atoms with Crippen LogP contribution in [-0.2, 0) is 23.9 Å². The lowest BCUT2D eigenvalue weighted by atomic mass is 9.81. The minimum Gasteiger partial charge on any atom is -0.444 e. The molecule has 0 aromatic carbocycles. The van der Waals surface area contributed by atoms with Gasteiger partial charge in [0.2, 0.25) is 23.5 Å². The van der Waals surface area contributed by atoms with Gasteiger partial charge in [0.05, 0.1) is 6.04 Å². The Bertz CT molecular complexity index is 1080. The molecule has 42 heavy (non-hydrogen) atoms. The third-order valence-electron chi connectivity index (χ3n) is 8.77. The monoisotopic (exact) mass is 596 g/mol. The van der Waals surface area contributed by atoms with Crippen LogP contribution >= 0.6 is 0 Å². The van der Waals surface area contributed by atoms with Gasteiger partial charge in [-0.25, -0.2) is 13.6 Å². The highest BCUT2D eigenvalue weighted by Gasteiger charge is 2.69. The molecule has 5 unspecified atom stereocenters. The fourth-order valence-corrected chi connectivity index (χ4v) is 6.43. The van der Waals surface area contributed by atoms with E-state index in [4.69, 9.17) is 4.74 Å². The Morgan fingerprint density at radius 2 is 1.71 bits per heavy atom. The van der Waals surface area contributed by atoms with Gasteiger partial charge in [-0.2, -0.15) is 0 Å². The third-order valence-corrected chi connectivity index (χ3v) is 8.77. The number of fused-ring (bicyclic) bond motifs is 1. The molecule has 0 radical (unpaired) electrons. The van der Waals surface area contributed by atoms with E-state index in [9.17, 15) is 32.8 Å². The van der Waals surface area contributed by atoms with Crippen LogP contribution in [0.4, 0.5) is 13.6 Å². The average Bonchev–Trinajstić information content (AvgIpc) is 3.21. The molecular weight excluding hydrogens is 550 g/mol. The van der Waals surface area contributed by atoms with Crippen molar-refractivity contribution in [2.24, 2.45) is 23.2 Å². The summed E-state index contributed by atoms with van der Waals surface area (Å²) in [5, 5.41) is 7.78. The van der Waals surface area contributed by atoms with Crippen LogP contribution in [0.1, 0.15) is 80.1 Å². The summed E-state index contributed by atoms with van der Waals surface area (Å²) < 4.78 is 33.4. The SMILES string of the molecule is C=CCNC(=O)C(=O)C(CCC)NC(=O)C1C2C(CN1C(=O)C(NC(=O)OC(C)(C)C)C1CCC(F)(F)CC1)C2(C)C. The van der Waals surface area contributed by atoms with E-state index in [0.717, 1.165) is 0 Å². The smallest absolute Gasteiger partial charge is 0.408 e. The number of hydrogen-bond acceptors (Lipinski definition) is 6. The second-order valence-electron chi connectivity index (χ2n) is 13.4. The summed E-state index contributed by atoms with van der Waals surface area (Å²) in [5.41, 5.74) is -1.09. The predicted octanol–water partition coefficient (Wildman–Crippen LogP) is 3.34. The number of ether oxygens (including phenoxy) is 1. The predicted molar refractivity (Wildman–Crippen MR) is 151 cm³/mol. The van der Waals surface area contributed by atoms with E-state index in [1.54, 1.807) is 20.8 Å². The first-order valence-electron chi connectivity index (χ1n) is 14.8.